The zero-order valence-electron chi connectivity index (χ0n) is 10.6. The quantitative estimate of drug-likeness (QED) is 0.825. The van der Waals surface area contributed by atoms with E-state index in [1.807, 2.05) is 10.9 Å². The SMILES string of the molecule is CCCn1ccc(CNCc2cccn2C)n1. The van der Waals surface area contributed by atoms with E-state index in [1.54, 1.807) is 0 Å². The summed E-state index contributed by atoms with van der Waals surface area (Å²) < 4.78 is 4.13. The summed E-state index contributed by atoms with van der Waals surface area (Å²) >= 11 is 0. The van der Waals surface area contributed by atoms with Crippen molar-refractivity contribution < 1.29 is 0 Å². The van der Waals surface area contributed by atoms with E-state index in [1.165, 1.54) is 5.69 Å². The molecule has 4 heteroatoms. The molecule has 0 fully saturated rings. The van der Waals surface area contributed by atoms with Gasteiger partial charge in [-0.3, -0.25) is 4.68 Å². The molecule has 0 aliphatic carbocycles. The number of rotatable bonds is 6. The maximum Gasteiger partial charge on any atom is 0.0762 e. The van der Waals surface area contributed by atoms with Crippen LogP contribution in [0.25, 0.3) is 0 Å². The van der Waals surface area contributed by atoms with Crippen LogP contribution in [0.15, 0.2) is 30.6 Å². The van der Waals surface area contributed by atoms with Crippen molar-refractivity contribution in [2.75, 3.05) is 0 Å². The predicted octanol–water partition coefficient (Wildman–Crippen LogP) is 1.92. The second kappa shape index (κ2) is 5.68. The lowest BCUT2D eigenvalue weighted by Crippen LogP contribution is -2.15. The van der Waals surface area contributed by atoms with Gasteiger partial charge in [0.2, 0.25) is 0 Å². The summed E-state index contributed by atoms with van der Waals surface area (Å²) in [7, 11) is 2.06. The minimum atomic E-state index is 0.821. The zero-order valence-corrected chi connectivity index (χ0v) is 10.6. The first-order chi connectivity index (χ1) is 8.29. The predicted molar refractivity (Wildman–Crippen MR) is 68.5 cm³/mol. The number of hydrogen-bond donors (Lipinski definition) is 1. The first kappa shape index (κ1) is 11.9. The molecule has 0 saturated heterocycles. The van der Waals surface area contributed by atoms with Gasteiger partial charge in [-0.1, -0.05) is 6.92 Å². The minimum Gasteiger partial charge on any atom is -0.353 e. The van der Waals surface area contributed by atoms with Crippen molar-refractivity contribution in [1.82, 2.24) is 19.7 Å². The minimum absolute atomic E-state index is 0.821. The van der Waals surface area contributed by atoms with Crippen molar-refractivity contribution >= 4 is 0 Å². The van der Waals surface area contributed by atoms with Crippen LogP contribution < -0.4 is 5.32 Å². The fraction of sp³-hybridized carbons (Fsp3) is 0.462. The van der Waals surface area contributed by atoms with Gasteiger partial charge in [0.25, 0.3) is 0 Å². The van der Waals surface area contributed by atoms with E-state index >= 15 is 0 Å². The molecule has 2 heterocycles. The van der Waals surface area contributed by atoms with Crippen molar-refractivity contribution in [2.24, 2.45) is 7.05 Å². The average molecular weight is 232 g/mol. The molecule has 2 aromatic rings. The van der Waals surface area contributed by atoms with Gasteiger partial charge in [0.05, 0.1) is 5.69 Å². The summed E-state index contributed by atoms with van der Waals surface area (Å²) in [4.78, 5) is 0. The van der Waals surface area contributed by atoms with E-state index in [0.29, 0.717) is 0 Å². The molecule has 0 radical (unpaired) electrons. The Hall–Kier alpha value is -1.55. The Kier molecular flexibility index (Phi) is 3.98. The fourth-order valence-corrected chi connectivity index (χ4v) is 1.85. The molecular formula is C13H20N4. The Bertz CT molecular complexity index is 455. The van der Waals surface area contributed by atoms with Crippen LogP contribution in [0.2, 0.25) is 0 Å². The molecule has 2 aromatic heterocycles. The van der Waals surface area contributed by atoms with Gasteiger partial charge in [-0.2, -0.15) is 5.10 Å². The third-order valence-electron chi connectivity index (χ3n) is 2.81. The summed E-state index contributed by atoms with van der Waals surface area (Å²) in [6.45, 7) is 4.86. The molecule has 0 spiro atoms. The van der Waals surface area contributed by atoms with E-state index in [9.17, 15) is 0 Å². The highest BCUT2D eigenvalue weighted by Crippen LogP contribution is 2.00. The zero-order chi connectivity index (χ0) is 12.1. The molecule has 0 amide bonds. The molecule has 0 unspecified atom stereocenters. The Balaban J connectivity index is 1.80. The van der Waals surface area contributed by atoms with Crippen LogP contribution in [-0.2, 0) is 26.7 Å². The first-order valence-electron chi connectivity index (χ1n) is 6.13. The van der Waals surface area contributed by atoms with Gasteiger partial charge in [0.1, 0.15) is 0 Å². The molecule has 0 aliphatic rings. The third-order valence-corrected chi connectivity index (χ3v) is 2.81. The van der Waals surface area contributed by atoms with Crippen LogP contribution in [0, 0.1) is 0 Å². The molecule has 1 N–H and O–H groups in total. The highest BCUT2D eigenvalue weighted by Gasteiger charge is 1.99. The fourth-order valence-electron chi connectivity index (χ4n) is 1.85. The Morgan fingerprint density at radius 2 is 2.12 bits per heavy atom. The first-order valence-corrected chi connectivity index (χ1v) is 6.13. The van der Waals surface area contributed by atoms with Crippen LogP contribution in [-0.4, -0.2) is 14.3 Å². The Morgan fingerprint density at radius 3 is 2.82 bits per heavy atom. The van der Waals surface area contributed by atoms with Crippen molar-refractivity contribution in [3.63, 3.8) is 0 Å². The molecule has 0 saturated carbocycles. The van der Waals surface area contributed by atoms with E-state index in [-0.39, 0.29) is 0 Å². The van der Waals surface area contributed by atoms with E-state index < -0.39 is 0 Å². The maximum atomic E-state index is 4.49. The normalized spacial score (nSPS) is 10.9. The molecule has 0 aromatic carbocycles. The lowest BCUT2D eigenvalue weighted by molar-refractivity contribution is 0.579. The highest BCUT2D eigenvalue weighted by atomic mass is 15.3. The number of nitrogens with one attached hydrogen (secondary N) is 1. The molecule has 92 valence electrons. The molecule has 0 bridgehead atoms. The van der Waals surface area contributed by atoms with Gasteiger partial charge in [0, 0.05) is 44.8 Å². The molecule has 0 atom stereocenters. The van der Waals surface area contributed by atoms with Gasteiger partial charge >= 0.3 is 0 Å². The summed E-state index contributed by atoms with van der Waals surface area (Å²) in [6.07, 6.45) is 5.23. The lowest BCUT2D eigenvalue weighted by atomic mass is 10.4. The lowest BCUT2D eigenvalue weighted by Gasteiger charge is -2.04. The van der Waals surface area contributed by atoms with Crippen molar-refractivity contribution in [1.29, 1.82) is 0 Å². The van der Waals surface area contributed by atoms with Crippen LogP contribution in [0.3, 0.4) is 0 Å². The monoisotopic (exact) mass is 232 g/mol. The largest absolute Gasteiger partial charge is 0.353 e. The van der Waals surface area contributed by atoms with Crippen molar-refractivity contribution in [2.45, 2.75) is 33.0 Å². The smallest absolute Gasteiger partial charge is 0.0762 e. The van der Waals surface area contributed by atoms with Gasteiger partial charge in [-0.15, -0.1) is 0 Å². The average Bonchev–Trinajstić information content (AvgIpc) is 2.90. The van der Waals surface area contributed by atoms with Gasteiger partial charge in [0.15, 0.2) is 0 Å². The van der Waals surface area contributed by atoms with E-state index in [2.05, 4.69) is 53.3 Å². The topological polar surface area (TPSA) is 34.8 Å². The standard InChI is InChI=1S/C13H20N4/c1-3-7-17-9-6-12(15-17)10-14-11-13-5-4-8-16(13)2/h4-6,8-9,14H,3,7,10-11H2,1-2H3. The number of aromatic nitrogens is 3. The Morgan fingerprint density at radius 1 is 1.24 bits per heavy atom. The van der Waals surface area contributed by atoms with E-state index in [4.69, 9.17) is 0 Å². The number of nitrogens with zero attached hydrogens (tertiary/aromatic N) is 3. The number of hydrogen-bond acceptors (Lipinski definition) is 2. The molecular weight excluding hydrogens is 212 g/mol. The van der Waals surface area contributed by atoms with Crippen LogP contribution >= 0.6 is 0 Å². The summed E-state index contributed by atoms with van der Waals surface area (Å²) in [6, 6.07) is 6.27. The van der Waals surface area contributed by atoms with Gasteiger partial charge in [-0.05, 0) is 24.6 Å². The Labute approximate surface area is 102 Å². The van der Waals surface area contributed by atoms with Crippen LogP contribution in [0.4, 0.5) is 0 Å². The molecule has 0 aliphatic heterocycles. The third kappa shape index (κ3) is 3.20. The van der Waals surface area contributed by atoms with Crippen molar-refractivity contribution in [3.8, 4) is 0 Å². The molecule has 17 heavy (non-hydrogen) atoms. The maximum absolute atomic E-state index is 4.49. The number of aryl methyl sites for hydroxylation is 2. The van der Waals surface area contributed by atoms with E-state index in [0.717, 1.165) is 31.7 Å². The van der Waals surface area contributed by atoms with Crippen LogP contribution in [0.1, 0.15) is 24.7 Å². The summed E-state index contributed by atoms with van der Waals surface area (Å²) in [5, 5.41) is 7.89. The van der Waals surface area contributed by atoms with Gasteiger partial charge in [-0.25, -0.2) is 0 Å². The summed E-state index contributed by atoms with van der Waals surface area (Å²) in [5.74, 6) is 0. The second-order valence-electron chi connectivity index (χ2n) is 4.28. The molecule has 2 rings (SSSR count). The van der Waals surface area contributed by atoms with Crippen molar-refractivity contribution in [3.05, 3.63) is 42.0 Å². The summed E-state index contributed by atoms with van der Waals surface area (Å²) in [5.41, 5.74) is 2.39. The second-order valence-corrected chi connectivity index (χ2v) is 4.28. The van der Waals surface area contributed by atoms with Gasteiger partial charge < -0.3 is 9.88 Å². The van der Waals surface area contributed by atoms with Crippen LogP contribution in [0.5, 0.6) is 0 Å². The highest BCUT2D eigenvalue weighted by molar-refractivity contribution is 5.06. The molecule has 4 nitrogen and oxygen atoms in total.